The van der Waals surface area contributed by atoms with Gasteiger partial charge in [0.1, 0.15) is 0 Å². The lowest BCUT2D eigenvalue weighted by Gasteiger charge is -2.26. The van der Waals surface area contributed by atoms with Gasteiger partial charge in [-0.3, -0.25) is 9.59 Å². The maximum Gasteiger partial charge on any atom is 0.305 e. The van der Waals surface area contributed by atoms with Gasteiger partial charge in [0.05, 0.1) is 24.3 Å². The molecule has 1 saturated heterocycles. The average Bonchev–Trinajstić information content (AvgIpc) is 2.88. The van der Waals surface area contributed by atoms with Crippen molar-refractivity contribution in [2.45, 2.75) is 24.1 Å². The van der Waals surface area contributed by atoms with E-state index in [2.05, 4.69) is 5.32 Å². The fourth-order valence-electron chi connectivity index (χ4n) is 2.35. The van der Waals surface area contributed by atoms with Crippen LogP contribution in [0.3, 0.4) is 0 Å². The maximum absolute atomic E-state index is 12.0. The topological polar surface area (TPSA) is 75.6 Å². The van der Waals surface area contributed by atoms with E-state index in [-0.39, 0.29) is 24.7 Å². The lowest BCUT2D eigenvalue weighted by atomic mass is 9.94. The van der Waals surface area contributed by atoms with Crippen LogP contribution in [0, 0.1) is 0 Å². The number of halogens is 1. The number of rotatable bonds is 7. The second kappa shape index (κ2) is 7.85. The molecular formula is C15H18ClNO4S. The molecule has 0 aromatic heterocycles. The Kier molecular flexibility index (Phi) is 6.11. The van der Waals surface area contributed by atoms with Crippen molar-refractivity contribution in [3.05, 3.63) is 34.9 Å². The number of carboxylic acid groups (broad SMARTS) is 1. The van der Waals surface area contributed by atoms with Crippen LogP contribution in [0.1, 0.15) is 18.4 Å². The van der Waals surface area contributed by atoms with Gasteiger partial charge < -0.3 is 15.2 Å². The largest absolute Gasteiger partial charge is 0.481 e. The molecule has 1 unspecified atom stereocenters. The summed E-state index contributed by atoms with van der Waals surface area (Å²) in [7, 11) is 0. The zero-order chi connectivity index (χ0) is 16.0. The van der Waals surface area contributed by atoms with Crippen molar-refractivity contribution in [1.29, 1.82) is 0 Å². The zero-order valence-corrected chi connectivity index (χ0v) is 13.6. The van der Waals surface area contributed by atoms with Gasteiger partial charge >= 0.3 is 5.97 Å². The zero-order valence-electron chi connectivity index (χ0n) is 12.0. The Balaban J connectivity index is 1.79. The molecule has 0 radical (unpaired) electrons. The molecule has 1 heterocycles. The van der Waals surface area contributed by atoms with E-state index >= 15 is 0 Å². The summed E-state index contributed by atoms with van der Waals surface area (Å²) in [5, 5.41) is 12.5. The van der Waals surface area contributed by atoms with Gasteiger partial charge in [0.2, 0.25) is 5.91 Å². The Morgan fingerprint density at radius 2 is 2.09 bits per heavy atom. The van der Waals surface area contributed by atoms with Gasteiger partial charge in [-0.1, -0.05) is 23.7 Å². The molecule has 1 aromatic rings. The summed E-state index contributed by atoms with van der Waals surface area (Å²) >= 11 is 7.30. The number of amides is 1. The Labute approximate surface area is 138 Å². The molecule has 0 spiro atoms. The molecule has 5 nitrogen and oxygen atoms in total. The molecule has 1 aromatic carbocycles. The Morgan fingerprint density at radius 3 is 2.68 bits per heavy atom. The molecule has 0 aliphatic carbocycles. The van der Waals surface area contributed by atoms with Gasteiger partial charge in [-0.05, 0) is 24.1 Å². The summed E-state index contributed by atoms with van der Waals surface area (Å²) in [6, 6.07) is 7.47. The van der Waals surface area contributed by atoms with Gasteiger partial charge in [0, 0.05) is 17.4 Å². The Bertz CT molecular complexity index is 529. The fourth-order valence-corrected chi connectivity index (χ4v) is 3.27. The van der Waals surface area contributed by atoms with Crippen LogP contribution < -0.4 is 5.32 Å². The van der Waals surface area contributed by atoms with Crippen LogP contribution in [0.2, 0.25) is 5.02 Å². The molecule has 2 rings (SSSR count). The Morgan fingerprint density at radius 1 is 1.36 bits per heavy atom. The van der Waals surface area contributed by atoms with Gasteiger partial charge in [-0.2, -0.15) is 0 Å². The van der Waals surface area contributed by atoms with E-state index < -0.39 is 11.5 Å². The molecule has 0 bridgehead atoms. The molecule has 0 saturated carbocycles. The highest BCUT2D eigenvalue weighted by Gasteiger charge is 2.38. The van der Waals surface area contributed by atoms with E-state index in [1.54, 1.807) is 0 Å². The maximum atomic E-state index is 12.0. The van der Waals surface area contributed by atoms with Crippen LogP contribution in [0.5, 0.6) is 0 Å². The second-order valence-electron chi connectivity index (χ2n) is 5.32. The number of aliphatic carboxylic acids is 1. The fraction of sp³-hybridized carbons (Fsp3) is 0.467. The minimum absolute atomic E-state index is 0.111. The summed E-state index contributed by atoms with van der Waals surface area (Å²) in [5.74, 6) is -0.109. The molecule has 120 valence electrons. The summed E-state index contributed by atoms with van der Waals surface area (Å²) in [4.78, 5) is 23.0. The van der Waals surface area contributed by atoms with Gasteiger partial charge in [0.25, 0.3) is 0 Å². The number of hydrogen-bond acceptors (Lipinski definition) is 4. The summed E-state index contributed by atoms with van der Waals surface area (Å²) in [6.45, 7) is 0.734. The van der Waals surface area contributed by atoms with Gasteiger partial charge in [-0.15, -0.1) is 11.8 Å². The number of nitrogens with one attached hydrogen (secondary N) is 1. The first-order valence-electron chi connectivity index (χ1n) is 6.92. The lowest BCUT2D eigenvalue weighted by Crippen LogP contribution is -2.51. The average molecular weight is 344 g/mol. The van der Waals surface area contributed by atoms with Crippen LogP contribution in [0.25, 0.3) is 0 Å². The molecule has 1 amide bonds. The third kappa shape index (κ3) is 5.19. The summed E-state index contributed by atoms with van der Waals surface area (Å²) < 4.78 is 5.25. The van der Waals surface area contributed by atoms with Gasteiger partial charge in [0.15, 0.2) is 0 Å². The van der Waals surface area contributed by atoms with E-state index in [1.165, 1.54) is 11.8 Å². The molecule has 22 heavy (non-hydrogen) atoms. The third-order valence-corrected chi connectivity index (χ3v) is 4.67. The number of carboxylic acids is 1. The SMILES string of the molecule is O=C(O)CC1(NC(=O)CSCc2ccc(Cl)cc2)CCOC1. The number of ether oxygens (including phenoxy) is 1. The minimum Gasteiger partial charge on any atom is -0.481 e. The quantitative estimate of drug-likeness (QED) is 0.794. The summed E-state index contributed by atoms with van der Waals surface area (Å²) in [5.41, 5.74) is 0.329. The number of benzene rings is 1. The molecule has 7 heteroatoms. The highest BCUT2D eigenvalue weighted by molar-refractivity contribution is 7.99. The standard InChI is InChI=1S/C15H18ClNO4S/c16-12-3-1-11(2-4-12)8-22-9-13(18)17-15(7-14(19)20)5-6-21-10-15/h1-4H,5-10H2,(H,17,18)(H,19,20). The van der Waals surface area contributed by atoms with Crippen molar-refractivity contribution in [1.82, 2.24) is 5.32 Å². The van der Waals surface area contributed by atoms with Crippen LogP contribution in [0.15, 0.2) is 24.3 Å². The van der Waals surface area contributed by atoms with Crippen molar-refractivity contribution in [3.8, 4) is 0 Å². The van der Waals surface area contributed by atoms with Crippen LogP contribution in [0.4, 0.5) is 0 Å². The molecular weight excluding hydrogens is 326 g/mol. The van der Waals surface area contributed by atoms with Crippen molar-refractivity contribution in [2.24, 2.45) is 0 Å². The lowest BCUT2D eigenvalue weighted by molar-refractivity contribution is -0.139. The van der Waals surface area contributed by atoms with Crippen molar-refractivity contribution >= 4 is 35.2 Å². The monoisotopic (exact) mass is 343 g/mol. The van der Waals surface area contributed by atoms with E-state index in [0.29, 0.717) is 23.8 Å². The Hall–Kier alpha value is -1.24. The number of carbonyl (C=O) groups is 2. The predicted octanol–water partition coefficient (Wildman–Crippen LogP) is 2.32. The highest BCUT2D eigenvalue weighted by Crippen LogP contribution is 2.23. The van der Waals surface area contributed by atoms with E-state index in [9.17, 15) is 9.59 Å². The number of thioether (sulfide) groups is 1. The second-order valence-corrected chi connectivity index (χ2v) is 6.74. The molecule has 1 fully saturated rings. The van der Waals surface area contributed by atoms with E-state index in [0.717, 1.165) is 5.56 Å². The van der Waals surface area contributed by atoms with Crippen LogP contribution in [-0.4, -0.2) is 41.5 Å². The van der Waals surface area contributed by atoms with Crippen molar-refractivity contribution < 1.29 is 19.4 Å². The first-order valence-corrected chi connectivity index (χ1v) is 8.45. The number of hydrogen-bond donors (Lipinski definition) is 2. The smallest absolute Gasteiger partial charge is 0.305 e. The van der Waals surface area contributed by atoms with Crippen molar-refractivity contribution in [2.75, 3.05) is 19.0 Å². The first-order chi connectivity index (χ1) is 10.5. The number of carbonyl (C=O) groups excluding carboxylic acids is 1. The van der Waals surface area contributed by atoms with Gasteiger partial charge in [-0.25, -0.2) is 0 Å². The third-order valence-electron chi connectivity index (χ3n) is 3.41. The van der Waals surface area contributed by atoms with E-state index in [1.807, 2.05) is 24.3 Å². The molecule has 2 N–H and O–H groups in total. The normalized spacial score (nSPS) is 20.8. The van der Waals surface area contributed by atoms with E-state index in [4.69, 9.17) is 21.4 Å². The van der Waals surface area contributed by atoms with Crippen LogP contribution >= 0.6 is 23.4 Å². The van der Waals surface area contributed by atoms with Crippen molar-refractivity contribution in [3.63, 3.8) is 0 Å². The molecule has 1 atom stereocenters. The summed E-state index contributed by atoms with van der Waals surface area (Å²) in [6.07, 6.45) is 0.424. The molecule has 1 aliphatic heterocycles. The molecule has 1 aliphatic rings. The first kappa shape index (κ1) is 17.1. The highest BCUT2D eigenvalue weighted by atomic mass is 35.5. The minimum atomic E-state index is -0.931. The predicted molar refractivity (Wildman–Crippen MR) is 86.2 cm³/mol. The van der Waals surface area contributed by atoms with Crippen LogP contribution in [-0.2, 0) is 20.1 Å².